The van der Waals surface area contributed by atoms with Gasteiger partial charge in [0.1, 0.15) is 24.3 Å². The Bertz CT molecular complexity index is 2020. The summed E-state index contributed by atoms with van der Waals surface area (Å²) in [5.41, 5.74) is 2.65. The number of anilines is 1. The first-order valence-corrected chi connectivity index (χ1v) is 15.8. The normalized spacial score (nSPS) is 20.9. The molecule has 13 heteroatoms. The molecule has 2 aromatic carbocycles. The van der Waals surface area contributed by atoms with Gasteiger partial charge in [-0.2, -0.15) is 9.97 Å². The molecule has 2 atom stereocenters. The zero-order chi connectivity index (χ0) is 32.1. The second-order valence-electron chi connectivity index (χ2n) is 12.5. The van der Waals surface area contributed by atoms with E-state index in [9.17, 15) is 8.78 Å². The number of benzene rings is 2. The van der Waals surface area contributed by atoms with Crippen molar-refractivity contribution in [2.45, 2.75) is 50.6 Å². The Morgan fingerprint density at radius 2 is 2.04 bits per heavy atom. The van der Waals surface area contributed by atoms with Crippen molar-refractivity contribution in [1.82, 2.24) is 34.0 Å². The molecule has 8 rings (SSSR count). The quantitative estimate of drug-likeness (QED) is 0.173. The van der Waals surface area contributed by atoms with Crippen molar-refractivity contribution >= 4 is 27.9 Å². The predicted octanol–water partition coefficient (Wildman–Crippen LogP) is 4.30. The highest BCUT2D eigenvalue weighted by Gasteiger charge is 2.49. The summed E-state index contributed by atoms with van der Waals surface area (Å²) < 4.78 is 51.0. The van der Waals surface area contributed by atoms with Crippen molar-refractivity contribution in [2.24, 2.45) is 0 Å². The van der Waals surface area contributed by atoms with E-state index in [1.807, 2.05) is 29.2 Å². The van der Waals surface area contributed by atoms with E-state index in [0.717, 1.165) is 42.6 Å². The molecular weight excluding hydrogens is 606 g/mol. The molecule has 11 nitrogen and oxygen atoms in total. The Balaban J connectivity index is 1.21. The van der Waals surface area contributed by atoms with E-state index in [1.54, 1.807) is 19.5 Å². The van der Waals surface area contributed by atoms with Crippen LogP contribution in [0.1, 0.15) is 36.1 Å². The van der Waals surface area contributed by atoms with Crippen molar-refractivity contribution < 1.29 is 23.0 Å². The SMILES string of the molecule is C#Cc1c(F)ccc2cc(OCOC)cc(Cn3cnc4c(OC[C@@]56CCCN5C[C@H](F)C6)nc(N5CCn6cncc6C5)nc43)c12. The molecular formula is C34H34F2N8O3. The van der Waals surface area contributed by atoms with E-state index < -0.39 is 12.0 Å². The first-order chi connectivity index (χ1) is 22.9. The Hall–Kier alpha value is -4.80. The van der Waals surface area contributed by atoms with E-state index >= 15 is 0 Å². The van der Waals surface area contributed by atoms with Crippen LogP contribution < -0.4 is 14.4 Å². The Morgan fingerprint density at radius 1 is 1.13 bits per heavy atom. The van der Waals surface area contributed by atoms with Crippen LogP contribution in [0.25, 0.3) is 21.9 Å². The first-order valence-electron chi connectivity index (χ1n) is 15.8. The fraction of sp³-hybridized carbons (Fsp3) is 0.412. The maximum atomic E-state index is 15.0. The number of alkyl halides is 1. The van der Waals surface area contributed by atoms with Gasteiger partial charge >= 0.3 is 0 Å². The van der Waals surface area contributed by atoms with Crippen LogP contribution in [-0.4, -0.2) is 85.8 Å². The number of ether oxygens (including phenoxy) is 3. The number of hydrogen-bond acceptors (Lipinski definition) is 9. The summed E-state index contributed by atoms with van der Waals surface area (Å²) in [7, 11) is 1.55. The number of aromatic nitrogens is 6. The summed E-state index contributed by atoms with van der Waals surface area (Å²) in [4.78, 5) is 23.2. The number of rotatable bonds is 9. The van der Waals surface area contributed by atoms with E-state index in [1.165, 1.54) is 6.07 Å². The van der Waals surface area contributed by atoms with Crippen molar-refractivity contribution in [3.05, 3.63) is 65.8 Å². The first kappa shape index (κ1) is 29.6. The second kappa shape index (κ2) is 11.8. The number of methoxy groups -OCH3 is 1. The molecule has 0 spiro atoms. The monoisotopic (exact) mass is 640 g/mol. The molecule has 0 saturated carbocycles. The van der Waals surface area contributed by atoms with E-state index in [4.69, 9.17) is 35.6 Å². The summed E-state index contributed by atoms with van der Waals surface area (Å²) in [6.45, 7) is 3.93. The van der Waals surface area contributed by atoms with Crippen LogP contribution >= 0.6 is 0 Å². The molecule has 0 radical (unpaired) electrons. The van der Waals surface area contributed by atoms with E-state index in [2.05, 4.69) is 25.3 Å². The zero-order valence-corrected chi connectivity index (χ0v) is 26.0. The Kier molecular flexibility index (Phi) is 7.41. The average Bonchev–Trinajstić information content (AvgIpc) is 3.86. The molecule has 2 fully saturated rings. The molecule has 47 heavy (non-hydrogen) atoms. The van der Waals surface area contributed by atoms with Crippen LogP contribution in [-0.2, 0) is 24.4 Å². The van der Waals surface area contributed by atoms with Gasteiger partial charge in [-0.1, -0.05) is 12.0 Å². The molecule has 2 saturated heterocycles. The average molecular weight is 641 g/mol. The molecule has 0 amide bonds. The van der Waals surface area contributed by atoms with Crippen LogP contribution in [0.5, 0.6) is 11.6 Å². The van der Waals surface area contributed by atoms with Gasteiger partial charge in [-0.15, -0.1) is 6.42 Å². The lowest BCUT2D eigenvalue weighted by molar-refractivity contribution is 0.0512. The third kappa shape index (κ3) is 5.21. The molecule has 0 N–H and O–H groups in total. The van der Waals surface area contributed by atoms with Gasteiger partial charge in [-0.3, -0.25) is 4.90 Å². The number of terminal acetylenes is 1. The topological polar surface area (TPSA) is 95.6 Å². The van der Waals surface area contributed by atoms with Gasteiger partial charge in [0.05, 0.1) is 42.5 Å². The minimum absolute atomic E-state index is 0.0518. The third-order valence-corrected chi connectivity index (χ3v) is 9.65. The van der Waals surface area contributed by atoms with Crippen LogP contribution in [0.4, 0.5) is 14.7 Å². The number of imidazole rings is 2. The van der Waals surface area contributed by atoms with Crippen molar-refractivity contribution in [3.63, 3.8) is 0 Å². The highest BCUT2D eigenvalue weighted by molar-refractivity contribution is 5.92. The largest absolute Gasteiger partial charge is 0.474 e. The van der Waals surface area contributed by atoms with Crippen molar-refractivity contribution in [3.8, 4) is 24.0 Å². The van der Waals surface area contributed by atoms with E-state index in [0.29, 0.717) is 66.8 Å². The van der Waals surface area contributed by atoms with Gasteiger partial charge in [0.15, 0.2) is 18.0 Å². The highest BCUT2D eigenvalue weighted by atomic mass is 19.1. The molecule has 0 bridgehead atoms. The molecule has 3 aromatic heterocycles. The van der Waals surface area contributed by atoms with Gasteiger partial charge in [-0.25, -0.2) is 18.7 Å². The number of fused-ring (bicyclic) bond motifs is 4. The van der Waals surface area contributed by atoms with Gasteiger partial charge in [-0.05, 0) is 48.5 Å². The molecule has 3 aliphatic rings. The van der Waals surface area contributed by atoms with Gasteiger partial charge in [0.25, 0.3) is 0 Å². The standard InChI is InChI=1S/C34H34F2N8O3/c1-3-27-28(36)6-5-22-11-26(47-21-45-2)12-23(29(22)27)15-43-20-38-30-31(43)39-33(41-9-10-42-19-37-14-25(42)17-41)40-32(30)46-18-34-7-4-8-44(34)16-24(35)13-34/h1,5-6,11-12,14,19-20,24H,4,7-10,13,15-18,21H2,2H3/t24-,34+/m1/s1. The fourth-order valence-electron chi connectivity index (χ4n) is 7.43. The van der Waals surface area contributed by atoms with Crippen LogP contribution in [0.2, 0.25) is 0 Å². The summed E-state index contributed by atoms with van der Waals surface area (Å²) >= 11 is 0. The molecule has 3 aliphatic heterocycles. The number of hydrogen-bond donors (Lipinski definition) is 0. The summed E-state index contributed by atoms with van der Waals surface area (Å²) in [6.07, 6.45) is 12.6. The number of halogens is 2. The fourth-order valence-corrected chi connectivity index (χ4v) is 7.43. The molecule has 0 aliphatic carbocycles. The zero-order valence-electron chi connectivity index (χ0n) is 26.0. The predicted molar refractivity (Wildman–Crippen MR) is 171 cm³/mol. The summed E-state index contributed by atoms with van der Waals surface area (Å²) in [6, 6.07) is 6.70. The summed E-state index contributed by atoms with van der Waals surface area (Å²) in [5.74, 6) is 3.46. The van der Waals surface area contributed by atoms with Crippen molar-refractivity contribution in [2.75, 3.05) is 45.0 Å². The molecule has 6 heterocycles. The Labute approximate surface area is 270 Å². The van der Waals surface area contributed by atoms with Gasteiger partial charge in [0, 0.05) is 44.7 Å². The van der Waals surface area contributed by atoms with Crippen LogP contribution in [0.3, 0.4) is 0 Å². The van der Waals surface area contributed by atoms with Crippen LogP contribution in [0, 0.1) is 18.2 Å². The molecule has 5 aromatic rings. The lowest BCUT2D eigenvalue weighted by Crippen LogP contribution is -2.43. The lowest BCUT2D eigenvalue weighted by atomic mass is 9.95. The Morgan fingerprint density at radius 3 is 2.91 bits per heavy atom. The van der Waals surface area contributed by atoms with E-state index in [-0.39, 0.29) is 24.4 Å². The van der Waals surface area contributed by atoms with Crippen LogP contribution in [0.15, 0.2) is 43.1 Å². The summed E-state index contributed by atoms with van der Waals surface area (Å²) in [5, 5.41) is 1.34. The third-order valence-electron chi connectivity index (χ3n) is 9.65. The highest BCUT2D eigenvalue weighted by Crippen LogP contribution is 2.41. The van der Waals surface area contributed by atoms with Gasteiger partial charge < -0.3 is 28.2 Å². The van der Waals surface area contributed by atoms with Crippen molar-refractivity contribution in [1.29, 1.82) is 0 Å². The smallest absolute Gasteiger partial charge is 0.247 e. The second-order valence-corrected chi connectivity index (χ2v) is 12.5. The minimum Gasteiger partial charge on any atom is -0.474 e. The maximum absolute atomic E-state index is 15.0. The maximum Gasteiger partial charge on any atom is 0.247 e. The number of nitrogens with zero attached hydrogens (tertiary/aromatic N) is 8. The minimum atomic E-state index is -0.867. The molecule has 0 unspecified atom stereocenters. The lowest BCUT2D eigenvalue weighted by Gasteiger charge is -2.31. The molecule has 242 valence electrons. The van der Waals surface area contributed by atoms with Gasteiger partial charge in [0.2, 0.25) is 11.8 Å².